The lowest BCUT2D eigenvalue weighted by molar-refractivity contribution is -0.161. The molecule has 182 valence electrons. The van der Waals surface area contributed by atoms with Gasteiger partial charge in [0, 0.05) is 0 Å². The van der Waals surface area contributed by atoms with Crippen molar-refractivity contribution in [3.8, 4) is 0 Å². The van der Waals surface area contributed by atoms with Crippen molar-refractivity contribution in [2.45, 2.75) is 126 Å². The molecule has 5 aliphatic carbocycles. The average molecular weight is 441 g/mol. The van der Waals surface area contributed by atoms with Gasteiger partial charge in [0.1, 0.15) is 0 Å². The molecule has 1 unspecified atom stereocenters. The smallest absolute Gasteiger partial charge is 0.0594 e. The molecule has 1 N–H and O–H groups in total. The molecule has 0 aromatic carbocycles. The first-order chi connectivity index (χ1) is 14.8. The van der Waals surface area contributed by atoms with Crippen molar-refractivity contribution in [3.63, 3.8) is 0 Å². The number of aliphatic hydroxyl groups is 1. The highest BCUT2D eigenvalue weighted by atomic mass is 16.3. The fraction of sp³-hybridized carbons (Fsp3) is 0.935. The standard InChI is InChI=1S/C31H52O/c1-20(2)17-21(3)18-22(4)23-11-13-29(8)25-10-9-24-27(5,6)26(32)12-14-30(24)19-31(25,30)16-15-28(23,29)7/h17,21-26,32H,9-16,18-19H2,1-8H3/t21?,22-,23-,24+,25+,26+,28-,29+,30-,31+/m1/s1. The minimum atomic E-state index is -0.0868. The molecule has 0 aromatic heterocycles. The SMILES string of the molecule is CC(C)=CC(C)C[C@@H](C)[C@H]1CC[C@@]2(C)[C@@H]3CC[C@H]4C(C)(C)[C@@H](O)CC[C@@]45C[C@@]35CC[C@]12C. The molecule has 0 radical (unpaired) electrons. The molecular formula is C31H52O. The van der Waals surface area contributed by atoms with Crippen LogP contribution in [0.2, 0.25) is 0 Å². The summed E-state index contributed by atoms with van der Waals surface area (Å²) >= 11 is 0. The molecule has 5 aliphatic rings. The Morgan fingerprint density at radius 2 is 1.50 bits per heavy atom. The van der Waals surface area contributed by atoms with Crippen molar-refractivity contribution in [2.75, 3.05) is 0 Å². The monoisotopic (exact) mass is 440 g/mol. The van der Waals surface area contributed by atoms with Crippen LogP contribution in [0.4, 0.5) is 0 Å². The third kappa shape index (κ3) is 2.79. The van der Waals surface area contributed by atoms with Gasteiger partial charge in [0.25, 0.3) is 0 Å². The summed E-state index contributed by atoms with van der Waals surface area (Å²) in [6, 6.07) is 0. The maximum Gasteiger partial charge on any atom is 0.0594 e. The van der Waals surface area contributed by atoms with Crippen LogP contribution in [0, 0.1) is 56.7 Å². The molecule has 0 bridgehead atoms. The molecule has 0 saturated heterocycles. The second-order valence-electron chi connectivity index (χ2n) is 15.0. The molecule has 2 spiro atoms. The minimum Gasteiger partial charge on any atom is -0.393 e. The Morgan fingerprint density at radius 1 is 0.844 bits per heavy atom. The first kappa shape index (κ1) is 23.4. The Balaban J connectivity index is 1.41. The molecule has 5 fully saturated rings. The van der Waals surface area contributed by atoms with Gasteiger partial charge in [-0.2, -0.15) is 0 Å². The molecule has 5 saturated carbocycles. The fourth-order valence-corrected chi connectivity index (χ4v) is 11.7. The van der Waals surface area contributed by atoms with Crippen LogP contribution in [0.1, 0.15) is 120 Å². The highest BCUT2D eigenvalue weighted by molar-refractivity contribution is 5.30. The molecule has 0 amide bonds. The van der Waals surface area contributed by atoms with Gasteiger partial charge in [-0.1, -0.05) is 53.2 Å². The normalized spacial score (nSPS) is 52.7. The van der Waals surface area contributed by atoms with E-state index in [1.807, 2.05) is 0 Å². The lowest BCUT2D eigenvalue weighted by Crippen LogP contribution is -2.57. The van der Waals surface area contributed by atoms with Crippen LogP contribution in [0.25, 0.3) is 0 Å². The first-order valence-electron chi connectivity index (χ1n) is 14.2. The van der Waals surface area contributed by atoms with Gasteiger partial charge >= 0.3 is 0 Å². The van der Waals surface area contributed by atoms with Gasteiger partial charge < -0.3 is 5.11 Å². The van der Waals surface area contributed by atoms with Crippen molar-refractivity contribution in [1.29, 1.82) is 0 Å². The first-order valence-corrected chi connectivity index (χ1v) is 14.2. The molecule has 0 heterocycles. The van der Waals surface area contributed by atoms with E-state index in [1.54, 1.807) is 0 Å². The van der Waals surface area contributed by atoms with Gasteiger partial charge in [-0.15, -0.1) is 0 Å². The Morgan fingerprint density at radius 3 is 2.19 bits per heavy atom. The van der Waals surface area contributed by atoms with Crippen molar-refractivity contribution in [2.24, 2.45) is 56.7 Å². The maximum absolute atomic E-state index is 10.9. The summed E-state index contributed by atoms with van der Waals surface area (Å²) in [5.74, 6) is 4.12. The predicted molar refractivity (Wildman–Crippen MR) is 135 cm³/mol. The predicted octanol–water partition coefficient (Wildman–Crippen LogP) is 8.41. The van der Waals surface area contributed by atoms with Gasteiger partial charge in [-0.05, 0) is 135 Å². The molecule has 0 aliphatic heterocycles. The van der Waals surface area contributed by atoms with Crippen LogP contribution in [-0.2, 0) is 0 Å². The van der Waals surface area contributed by atoms with E-state index in [0.717, 1.165) is 30.1 Å². The van der Waals surface area contributed by atoms with E-state index in [1.165, 1.54) is 63.4 Å². The van der Waals surface area contributed by atoms with E-state index in [-0.39, 0.29) is 11.5 Å². The second kappa shape index (κ2) is 7.11. The van der Waals surface area contributed by atoms with Crippen molar-refractivity contribution in [1.82, 2.24) is 0 Å². The Bertz CT molecular complexity index is 790. The van der Waals surface area contributed by atoms with E-state index in [2.05, 4.69) is 61.5 Å². The number of hydrogen-bond donors (Lipinski definition) is 1. The van der Waals surface area contributed by atoms with Crippen LogP contribution in [0.5, 0.6) is 0 Å². The van der Waals surface area contributed by atoms with Crippen molar-refractivity contribution >= 4 is 0 Å². The molecule has 0 aromatic rings. The molecule has 1 nitrogen and oxygen atoms in total. The summed E-state index contributed by atoms with van der Waals surface area (Å²) < 4.78 is 0. The van der Waals surface area contributed by atoms with Gasteiger partial charge in [0.05, 0.1) is 6.10 Å². The third-order valence-corrected chi connectivity index (χ3v) is 13.2. The molecule has 32 heavy (non-hydrogen) atoms. The van der Waals surface area contributed by atoms with Gasteiger partial charge in [-0.3, -0.25) is 0 Å². The van der Waals surface area contributed by atoms with Crippen molar-refractivity contribution < 1.29 is 5.11 Å². The van der Waals surface area contributed by atoms with Crippen LogP contribution in [0.3, 0.4) is 0 Å². The summed E-state index contributed by atoms with van der Waals surface area (Å²) in [6.07, 6.45) is 16.3. The van der Waals surface area contributed by atoms with E-state index in [0.29, 0.717) is 27.6 Å². The molecular weight excluding hydrogens is 388 g/mol. The Hall–Kier alpha value is -0.300. The van der Waals surface area contributed by atoms with Crippen molar-refractivity contribution in [3.05, 3.63) is 11.6 Å². The summed E-state index contributed by atoms with van der Waals surface area (Å²) in [5.41, 5.74) is 3.83. The van der Waals surface area contributed by atoms with Crippen LogP contribution in [-0.4, -0.2) is 11.2 Å². The van der Waals surface area contributed by atoms with E-state index >= 15 is 0 Å². The second-order valence-corrected chi connectivity index (χ2v) is 15.0. The number of hydrogen-bond acceptors (Lipinski definition) is 1. The van der Waals surface area contributed by atoms with Crippen LogP contribution in [0.15, 0.2) is 11.6 Å². The Kier molecular flexibility index (Phi) is 5.21. The highest BCUT2D eigenvalue weighted by Crippen LogP contribution is 2.89. The van der Waals surface area contributed by atoms with Crippen LogP contribution >= 0.6 is 0 Å². The summed E-state index contributed by atoms with van der Waals surface area (Å²) in [4.78, 5) is 0. The number of allylic oxidation sites excluding steroid dienone is 2. The minimum absolute atomic E-state index is 0.0868. The number of rotatable bonds is 4. The summed E-state index contributed by atoms with van der Waals surface area (Å²) in [5, 5.41) is 10.9. The summed E-state index contributed by atoms with van der Waals surface area (Å²) in [7, 11) is 0. The zero-order valence-electron chi connectivity index (χ0n) is 22.6. The topological polar surface area (TPSA) is 20.2 Å². The molecule has 10 atom stereocenters. The summed E-state index contributed by atoms with van der Waals surface area (Å²) in [6.45, 7) is 19.8. The zero-order chi connectivity index (χ0) is 23.3. The number of fused-ring (bicyclic) bond motifs is 2. The van der Waals surface area contributed by atoms with E-state index in [9.17, 15) is 5.11 Å². The van der Waals surface area contributed by atoms with Crippen LogP contribution < -0.4 is 0 Å². The van der Waals surface area contributed by atoms with Gasteiger partial charge in [0.2, 0.25) is 0 Å². The lowest BCUT2D eigenvalue weighted by Gasteiger charge is -2.63. The molecule has 1 heteroatoms. The maximum atomic E-state index is 10.9. The van der Waals surface area contributed by atoms with E-state index in [4.69, 9.17) is 0 Å². The third-order valence-electron chi connectivity index (χ3n) is 13.2. The zero-order valence-corrected chi connectivity index (χ0v) is 22.6. The highest BCUT2D eigenvalue weighted by Gasteiger charge is 2.82. The number of aliphatic hydroxyl groups excluding tert-OH is 1. The quantitative estimate of drug-likeness (QED) is 0.435. The molecule has 5 rings (SSSR count). The van der Waals surface area contributed by atoms with E-state index < -0.39 is 0 Å². The van der Waals surface area contributed by atoms with Gasteiger partial charge in [0.15, 0.2) is 0 Å². The lowest BCUT2D eigenvalue weighted by atomic mass is 9.41. The largest absolute Gasteiger partial charge is 0.393 e. The fourth-order valence-electron chi connectivity index (χ4n) is 11.7. The average Bonchev–Trinajstić information content (AvgIpc) is 3.27. The van der Waals surface area contributed by atoms with Gasteiger partial charge in [-0.25, -0.2) is 0 Å². The Labute approximate surface area is 199 Å².